The highest BCUT2D eigenvalue weighted by atomic mass is 16.6. The molecule has 1 aliphatic rings. The van der Waals surface area contributed by atoms with Gasteiger partial charge in [0.1, 0.15) is 6.07 Å². The molecule has 0 spiro atoms. The number of anilines is 1. The number of hydrogen-bond donors (Lipinski definition) is 1. The van der Waals surface area contributed by atoms with Gasteiger partial charge in [0.05, 0.1) is 16.2 Å². The molecule has 6 nitrogen and oxygen atoms in total. The van der Waals surface area contributed by atoms with E-state index in [1.807, 2.05) is 13.0 Å². The number of nitrogens with two attached hydrogens (primary N) is 1. The Morgan fingerprint density at radius 2 is 2.37 bits per heavy atom. The van der Waals surface area contributed by atoms with Crippen molar-refractivity contribution in [3.05, 3.63) is 33.9 Å². The van der Waals surface area contributed by atoms with Crippen LogP contribution >= 0.6 is 0 Å². The van der Waals surface area contributed by atoms with Gasteiger partial charge in [-0.25, -0.2) is 0 Å². The van der Waals surface area contributed by atoms with E-state index in [9.17, 15) is 10.1 Å². The molecule has 0 amide bonds. The van der Waals surface area contributed by atoms with E-state index in [-0.39, 0.29) is 11.7 Å². The predicted molar refractivity (Wildman–Crippen MR) is 71.8 cm³/mol. The van der Waals surface area contributed by atoms with Gasteiger partial charge in [0, 0.05) is 31.3 Å². The molecule has 0 radical (unpaired) electrons. The predicted octanol–water partition coefficient (Wildman–Crippen LogP) is 1.64. The summed E-state index contributed by atoms with van der Waals surface area (Å²) in [6.07, 6.45) is 0.986. The van der Waals surface area contributed by atoms with Gasteiger partial charge >= 0.3 is 0 Å². The lowest BCUT2D eigenvalue weighted by Gasteiger charge is -2.20. The largest absolute Gasteiger partial charge is 0.370 e. The first-order valence-corrected chi connectivity index (χ1v) is 6.22. The van der Waals surface area contributed by atoms with Gasteiger partial charge in [0.25, 0.3) is 5.69 Å². The van der Waals surface area contributed by atoms with Crippen molar-refractivity contribution in [2.45, 2.75) is 19.4 Å². The quantitative estimate of drug-likeness (QED) is 0.658. The van der Waals surface area contributed by atoms with Crippen LogP contribution in [0.4, 0.5) is 11.4 Å². The third kappa shape index (κ3) is 2.66. The Bertz CT molecular complexity index is 536. The average Bonchev–Trinajstić information content (AvgIpc) is 2.87. The number of nitro benzene ring substituents is 1. The maximum atomic E-state index is 10.7. The fourth-order valence-electron chi connectivity index (χ4n) is 2.44. The van der Waals surface area contributed by atoms with Crippen LogP contribution in [0.1, 0.15) is 18.9 Å². The summed E-state index contributed by atoms with van der Waals surface area (Å²) in [7, 11) is 0. The number of nitrogens with zero attached hydrogens (tertiary/aromatic N) is 3. The Balaban J connectivity index is 2.27. The van der Waals surface area contributed by atoms with Crippen molar-refractivity contribution >= 4 is 11.4 Å². The fraction of sp³-hybridized carbons (Fsp3) is 0.462. The Morgan fingerprint density at radius 3 is 2.89 bits per heavy atom. The SMILES string of the molecule is CC(N)C1CCN(c2ccc([N+](=O)[O-])cc2C#N)C1. The molecule has 0 saturated carbocycles. The molecule has 2 unspecified atom stereocenters. The maximum Gasteiger partial charge on any atom is 0.270 e. The van der Waals surface area contributed by atoms with Gasteiger partial charge in [-0.2, -0.15) is 5.26 Å². The molecular weight excluding hydrogens is 244 g/mol. The van der Waals surface area contributed by atoms with Gasteiger partial charge in [-0.1, -0.05) is 0 Å². The Kier molecular flexibility index (Phi) is 3.67. The first-order chi connectivity index (χ1) is 9.02. The summed E-state index contributed by atoms with van der Waals surface area (Å²) in [6, 6.07) is 6.57. The van der Waals surface area contributed by atoms with Gasteiger partial charge in [-0.05, 0) is 25.3 Å². The van der Waals surface area contributed by atoms with E-state index in [2.05, 4.69) is 4.90 Å². The number of benzene rings is 1. The van der Waals surface area contributed by atoms with E-state index in [4.69, 9.17) is 11.0 Å². The van der Waals surface area contributed by atoms with Crippen LogP contribution in [0.3, 0.4) is 0 Å². The second kappa shape index (κ2) is 5.24. The maximum absolute atomic E-state index is 10.7. The average molecular weight is 260 g/mol. The summed E-state index contributed by atoms with van der Waals surface area (Å²) in [5, 5.41) is 19.8. The van der Waals surface area contributed by atoms with Crippen LogP contribution in [0.2, 0.25) is 0 Å². The zero-order valence-electron chi connectivity index (χ0n) is 10.7. The second-order valence-corrected chi connectivity index (χ2v) is 4.92. The molecule has 1 aliphatic heterocycles. The molecule has 1 aromatic carbocycles. The van der Waals surface area contributed by atoms with Crippen LogP contribution in [0.25, 0.3) is 0 Å². The monoisotopic (exact) mass is 260 g/mol. The van der Waals surface area contributed by atoms with Crippen molar-refractivity contribution in [2.24, 2.45) is 11.7 Å². The summed E-state index contributed by atoms with van der Waals surface area (Å²) in [6.45, 7) is 3.61. The van der Waals surface area contributed by atoms with E-state index in [0.717, 1.165) is 25.2 Å². The lowest BCUT2D eigenvalue weighted by Crippen LogP contribution is -2.29. The minimum absolute atomic E-state index is 0.0526. The van der Waals surface area contributed by atoms with Crippen molar-refractivity contribution in [1.29, 1.82) is 5.26 Å². The summed E-state index contributed by atoms with van der Waals surface area (Å²) in [5.41, 5.74) is 6.95. The third-order valence-electron chi connectivity index (χ3n) is 3.62. The van der Waals surface area contributed by atoms with Crippen LogP contribution in [-0.4, -0.2) is 24.1 Å². The topological polar surface area (TPSA) is 96.2 Å². The fourth-order valence-corrected chi connectivity index (χ4v) is 2.44. The molecule has 0 aromatic heterocycles. The minimum atomic E-state index is -0.487. The van der Waals surface area contributed by atoms with Gasteiger partial charge < -0.3 is 10.6 Å². The molecule has 100 valence electrons. The molecule has 0 bridgehead atoms. The summed E-state index contributed by atoms with van der Waals surface area (Å²) < 4.78 is 0. The second-order valence-electron chi connectivity index (χ2n) is 4.92. The molecule has 2 rings (SSSR count). The first-order valence-electron chi connectivity index (χ1n) is 6.22. The van der Waals surface area contributed by atoms with Crippen molar-refractivity contribution in [2.75, 3.05) is 18.0 Å². The zero-order valence-corrected chi connectivity index (χ0v) is 10.7. The number of rotatable bonds is 3. The van der Waals surface area contributed by atoms with Crippen LogP contribution in [0.15, 0.2) is 18.2 Å². The molecule has 2 atom stereocenters. The highest BCUT2D eigenvalue weighted by Gasteiger charge is 2.27. The standard InChI is InChI=1S/C13H16N4O2/c1-9(15)10-4-5-16(8-10)13-3-2-12(17(18)19)6-11(13)7-14/h2-3,6,9-10H,4-5,8,15H2,1H3. The number of nitriles is 1. The number of nitro groups is 1. The summed E-state index contributed by atoms with van der Waals surface area (Å²) >= 11 is 0. The lowest BCUT2D eigenvalue weighted by atomic mass is 10.0. The molecule has 1 fully saturated rings. The smallest absolute Gasteiger partial charge is 0.270 e. The molecule has 1 saturated heterocycles. The molecule has 2 N–H and O–H groups in total. The van der Waals surface area contributed by atoms with Gasteiger partial charge in [0.15, 0.2) is 0 Å². The normalized spacial score (nSPS) is 20.1. The minimum Gasteiger partial charge on any atom is -0.370 e. The van der Waals surface area contributed by atoms with Crippen molar-refractivity contribution in [3.63, 3.8) is 0 Å². The van der Waals surface area contributed by atoms with E-state index in [1.54, 1.807) is 6.07 Å². The van der Waals surface area contributed by atoms with E-state index in [0.29, 0.717) is 11.5 Å². The summed E-state index contributed by atoms with van der Waals surface area (Å²) in [5.74, 6) is 0.404. The van der Waals surface area contributed by atoms with E-state index in [1.165, 1.54) is 12.1 Å². The number of hydrogen-bond acceptors (Lipinski definition) is 5. The van der Waals surface area contributed by atoms with E-state index >= 15 is 0 Å². The summed E-state index contributed by atoms with van der Waals surface area (Å²) in [4.78, 5) is 12.3. The van der Waals surface area contributed by atoms with Crippen LogP contribution < -0.4 is 10.6 Å². The van der Waals surface area contributed by atoms with Crippen LogP contribution in [-0.2, 0) is 0 Å². The molecule has 19 heavy (non-hydrogen) atoms. The number of non-ortho nitro benzene ring substituents is 1. The van der Waals surface area contributed by atoms with Gasteiger partial charge in [0.2, 0.25) is 0 Å². The third-order valence-corrected chi connectivity index (χ3v) is 3.62. The molecule has 1 aromatic rings. The zero-order chi connectivity index (χ0) is 14.0. The molecule has 6 heteroatoms. The molecular formula is C13H16N4O2. The van der Waals surface area contributed by atoms with Gasteiger partial charge in [-0.15, -0.1) is 0 Å². The van der Waals surface area contributed by atoms with Crippen molar-refractivity contribution < 1.29 is 4.92 Å². The Morgan fingerprint density at radius 1 is 1.63 bits per heavy atom. The van der Waals surface area contributed by atoms with Crippen molar-refractivity contribution in [1.82, 2.24) is 0 Å². The van der Waals surface area contributed by atoms with Gasteiger partial charge in [-0.3, -0.25) is 10.1 Å². The van der Waals surface area contributed by atoms with Crippen LogP contribution in [0, 0.1) is 27.4 Å². The highest BCUT2D eigenvalue weighted by Crippen LogP contribution is 2.30. The van der Waals surface area contributed by atoms with E-state index < -0.39 is 4.92 Å². The Labute approximate surface area is 111 Å². The molecule has 0 aliphatic carbocycles. The van der Waals surface area contributed by atoms with Crippen molar-refractivity contribution in [3.8, 4) is 6.07 Å². The Hall–Kier alpha value is -2.13. The lowest BCUT2D eigenvalue weighted by molar-refractivity contribution is -0.384. The highest BCUT2D eigenvalue weighted by molar-refractivity contribution is 5.63. The first kappa shape index (κ1) is 13.3. The molecule has 1 heterocycles. The van der Waals surface area contributed by atoms with Crippen LogP contribution in [0.5, 0.6) is 0 Å².